The van der Waals surface area contributed by atoms with Crippen LogP contribution >= 0.6 is 0 Å². The molecule has 0 fully saturated rings. The Labute approximate surface area is 239 Å². The molecule has 228 valence electrons. The minimum atomic E-state index is -0.455. The van der Waals surface area contributed by atoms with Crippen molar-refractivity contribution in [2.45, 2.75) is 130 Å². The number of esters is 3. The molecule has 0 radical (unpaired) electrons. The Hall–Kier alpha value is -2.41. The maximum atomic E-state index is 10.8. The van der Waals surface area contributed by atoms with Gasteiger partial charge in [-0.15, -0.1) is 0 Å². The highest BCUT2D eigenvalue weighted by atomic mass is 16.6. The standard InChI is InChI=1S/C19H36O2.C7H12O2.C6H10O3/c1-3-5-6-7-8-9-10-11-12-13-14-15-16-17-18-21-19(20)4-2;1-5-6(8)9-7(2,3)4;1-5(2)6(8)9-4-3-7/h4H,2-3,5-18H2,1H3;5H,1H2,2-4H3;7H,1,3-4H2,2H3. The molecule has 0 bridgehead atoms. The third kappa shape index (κ3) is 40.2. The van der Waals surface area contributed by atoms with E-state index in [2.05, 4.69) is 31.4 Å². The molecule has 0 atom stereocenters. The first-order valence-electron chi connectivity index (χ1n) is 14.5. The Morgan fingerprint density at radius 2 is 1.10 bits per heavy atom. The van der Waals surface area contributed by atoms with Gasteiger partial charge in [0.2, 0.25) is 0 Å². The molecule has 0 saturated heterocycles. The van der Waals surface area contributed by atoms with Crippen LogP contribution in [0.5, 0.6) is 0 Å². The van der Waals surface area contributed by atoms with E-state index in [4.69, 9.17) is 14.6 Å². The molecule has 0 amide bonds. The first-order valence-corrected chi connectivity index (χ1v) is 14.5. The van der Waals surface area contributed by atoms with Crippen LogP contribution in [0.3, 0.4) is 0 Å². The first kappa shape index (κ1) is 41.1. The van der Waals surface area contributed by atoms with Gasteiger partial charge in [0.05, 0.1) is 13.2 Å². The monoisotopic (exact) mass is 554 g/mol. The smallest absolute Gasteiger partial charge is 0.333 e. The number of ether oxygens (including phenoxy) is 3. The van der Waals surface area contributed by atoms with Gasteiger partial charge in [-0.2, -0.15) is 0 Å². The molecule has 0 spiro atoms. The van der Waals surface area contributed by atoms with E-state index in [1.54, 1.807) is 6.92 Å². The van der Waals surface area contributed by atoms with Gasteiger partial charge in [-0.3, -0.25) is 0 Å². The zero-order chi connectivity index (χ0) is 30.4. The van der Waals surface area contributed by atoms with Crippen LogP contribution in [-0.2, 0) is 28.6 Å². The summed E-state index contributed by atoms with van der Waals surface area (Å²) in [5, 5.41) is 8.19. The molecule has 7 nitrogen and oxygen atoms in total. The molecule has 0 rings (SSSR count). The van der Waals surface area contributed by atoms with Gasteiger partial charge in [0.25, 0.3) is 0 Å². The topological polar surface area (TPSA) is 99.1 Å². The summed E-state index contributed by atoms with van der Waals surface area (Å²) in [6, 6.07) is 0. The Morgan fingerprint density at radius 1 is 0.692 bits per heavy atom. The number of unbranched alkanes of at least 4 members (excludes halogenated alkanes) is 13. The van der Waals surface area contributed by atoms with Crippen LogP contribution in [0, 0.1) is 0 Å². The third-order valence-corrected chi connectivity index (χ3v) is 5.16. The lowest BCUT2D eigenvalue weighted by Crippen LogP contribution is -2.22. The molecule has 0 aliphatic carbocycles. The average Bonchev–Trinajstić information content (AvgIpc) is 2.88. The lowest BCUT2D eigenvalue weighted by Gasteiger charge is -2.17. The average molecular weight is 555 g/mol. The first-order chi connectivity index (χ1) is 18.4. The number of aliphatic hydroxyl groups is 1. The van der Waals surface area contributed by atoms with Crippen molar-refractivity contribution in [1.82, 2.24) is 0 Å². The lowest BCUT2D eigenvalue weighted by atomic mass is 10.0. The van der Waals surface area contributed by atoms with E-state index >= 15 is 0 Å². The quantitative estimate of drug-likeness (QED) is 0.0709. The van der Waals surface area contributed by atoms with Crippen molar-refractivity contribution in [3.05, 3.63) is 37.5 Å². The van der Waals surface area contributed by atoms with Crippen molar-refractivity contribution < 1.29 is 33.7 Å². The fourth-order valence-corrected chi connectivity index (χ4v) is 3.13. The van der Waals surface area contributed by atoms with E-state index in [0.717, 1.165) is 12.5 Å². The van der Waals surface area contributed by atoms with Crippen molar-refractivity contribution in [3.8, 4) is 0 Å². The normalized spacial score (nSPS) is 10.1. The van der Waals surface area contributed by atoms with Gasteiger partial charge in [0.15, 0.2) is 0 Å². The summed E-state index contributed by atoms with van der Waals surface area (Å²) in [5.41, 5.74) is -0.0471. The molecule has 7 heteroatoms. The summed E-state index contributed by atoms with van der Waals surface area (Å²) in [4.78, 5) is 31.8. The lowest BCUT2D eigenvalue weighted by molar-refractivity contribution is -0.148. The van der Waals surface area contributed by atoms with Crippen LogP contribution < -0.4 is 0 Å². The maximum Gasteiger partial charge on any atom is 0.333 e. The van der Waals surface area contributed by atoms with Crippen molar-refractivity contribution in [2.24, 2.45) is 0 Å². The molecule has 1 N–H and O–H groups in total. The molecule has 0 aliphatic rings. The number of hydrogen-bond acceptors (Lipinski definition) is 7. The zero-order valence-electron chi connectivity index (χ0n) is 25.7. The SMILES string of the molecule is C=C(C)C(=O)OCCO.C=CC(=O)OC(C)(C)C.C=CC(=O)OCCCCCCCCCCCCCCCC. The second-order valence-corrected chi connectivity index (χ2v) is 10.3. The summed E-state index contributed by atoms with van der Waals surface area (Å²) in [5.74, 6) is -1.13. The van der Waals surface area contributed by atoms with E-state index in [1.165, 1.54) is 89.5 Å². The molecule has 0 heterocycles. The van der Waals surface area contributed by atoms with Gasteiger partial charge in [0, 0.05) is 17.7 Å². The summed E-state index contributed by atoms with van der Waals surface area (Å²) < 4.78 is 14.2. The number of hydrogen-bond donors (Lipinski definition) is 1. The molecule has 0 aliphatic heterocycles. The van der Waals surface area contributed by atoms with E-state index in [9.17, 15) is 14.4 Å². The number of carbonyl (C=O) groups is 3. The Morgan fingerprint density at radius 3 is 1.41 bits per heavy atom. The van der Waals surface area contributed by atoms with E-state index < -0.39 is 11.6 Å². The molecule has 0 saturated carbocycles. The van der Waals surface area contributed by atoms with Crippen molar-refractivity contribution in [3.63, 3.8) is 0 Å². The predicted octanol–water partition coefficient (Wildman–Crippen LogP) is 7.81. The highest BCUT2D eigenvalue weighted by Crippen LogP contribution is 2.13. The minimum Gasteiger partial charge on any atom is -0.463 e. The molecule has 0 aromatic heterocycles. The predicted molar refractivity (Wildman–Crippen MR) is 160 cm³/mol. The second-order valence-electron chi connectivity index (χ2n) is 10.3. The number of carbonyl (C=O) groups excluding carboxylic acids is 3. The minimum absolute atomic E-state index is 0.0473. The third-order valence-electron chi connectivity index (χ3n) is 5.16. The van der Waals surface area contributed by atoms with E-state index in [0.29, 0.717) is 12.2 Å². The van der Waals surface area contributed by atoms with Crippen molar-refractivity contribution in [2.75, 3.05) is 19.8 Å². The largest absolute Gasteiger partial charge is 0.463 e. The number of rotatable bonds is 20. The van der Waals surface area contributed by atoms with Crippen molar-refractivity contribution in [1.29, 1.82) is 0 Å². The second kappa shape index (κ2) is 30.1. The Balaban J connectivity index is -0.000000592. The van der Waals surface area contributed by atoms with Crippen LogP contribution in [0.2, 0.25) is 0 Å². The van der Waals surface area contributed by atoms with Gasteiger partial charge in [-0.1, -0.05) is 110 Å². The van der Waals surface area contributed by atoms with Crippen LogP contribution in [0.25, 0.3) is 0 Å². The molecular weight excluding hydrogens is 496 g/mol. The van der Waals surface area contributed by atoms with E-state index in [-0.39, 0.29) is 25.2 Å². The Bertz CT molecular complexity index is 647. The van der Waals surface area contributed by atoms with Gasteiger partial charge >= 0.3 is 17.9 Å². The summed E-state index contributed by atoms with van der Waals surface area (Å²) in [7, 11) is 0. The van der Waals surface area contributed by atoms with E-state index in [1.807, 2.05) is 20.8 Å². The van der Waals surface area contributed by atoms with Crippen LogP contribution in [0.4, 0.5) is 0 Å². The molecule has 0 aromatic carbocycles. The summed E-state index contributed by atoms with van der Waals surface area (Å²) in [6.45, 7) is 19.7. The highest BCUT2D eigenvalue weighted by Gasteiger charge is 2.12. The van der Waals surface area contributed by atoms with Gasteiger partial charge in [-0.05, 0) is 34.1 Å². The van der Waals surface area contributed by atoms with Crippen molar-refractivity contribution >= 4 is 17.9 Å². The fourth-order valence-electron chi connectivity index (χ4n) is 3.13. The number of aliphatic hydroxyl groups excluding tert-OH is 1. The molecular formula is C32H58O7. The molecule has 0 aromatic rings. The summed E-state index contributed by atoms with van der Waals surface area (Å²) >= 11 is 0. The fraction of sp³-hybridized carbons (Fsp3) is 0.719. The van der Waals surface area contributed by atoms with Crippen LogP contribution in [0.15, 0.2) is 37.5 Å². The summed E-state index contributed by atoms with van der Waals surface area (Å²) in [6.07, 6.45) is 21.2. The van der Waals surface area contributed by atoms with Gasteiger partial charge in [0.1, 0.15) is 12.2 Å². The zero-order valence-corrected chi connectivity index (χ0v) is 25.7. The van der Waals surface area contributed by atoms with Crippen LogP contribution in [-0.4, -0.2) is 48.4 Å². The molecule has 39 heavy (non-hydrogen) atoms. The molecule has 0 unspecified atom stereocenters. The van der Waals surface area contributed by atoms with Gasteiger partial charge in [-0.25, -0.2) is 14.4 Å². The Kier molecular flexibility index (Phi) is 31.7. The van der Waals surface area contributed by atoms with Crippen LogP contribution in [0.1, 0.15) is 125 Å². The maximum absolute atomic E-state index is 10.8. The highest BCUT2D eigenvalue weighted by molar-refractivity contribution is 5.86. The van der Waals surface area contributed by atoms with Gasteiger partial charge < -0.3 is 19.3 Å².